The molecule has 5 nitrogen and oxygen atoms in total. The Kier molecular flexibility index (Phi) is 5.57. The Morgan fingerprint density at radius 3 is 2.50 bits per heavy atom. The first-order valence-electron chi connectivity index (χ1n) is 7.27. The highest BCUT2D eigenvalue weighted by Gasteiger charge is 2.24. The number of carbonyl (C=O) groups is 1. The number of piperidine rings is 1. The fraction of sp³-hybridized carbons (Fsp3) is 0.375. The molecule has 1 N–H and O–H groups in total. The van der Waals surface area contributed by atoms with E-state index >= 15 is 0 Å². The van der Waals surface area contributed by atoms with Crippen LogP contribution in [0.2, 0.25) is 0 Å². The van der Waals surface area contributed by atoms with E-state index in [1.807, 2.05) is 47.3 Å². The summed E-state index contributed by atoms with van der Waals surface area (Å²) in [5.41, 5.74) is 2.07. The molecule has 0 amide bonds. The predicted molar refractivity (Wildman–Crippen MR) is 86.4 cm³/mol. The second kappa shape index (κ2) is 7.42. The Bertz CT molecular complexity index is 607. The fourth-order valence-electron chi connectivity index (χ4n) is 2.74. The summed E-state index contributed by atoms with van der Waals surface area (Å²) in [6.45, 7) is 2.44. The van der Waals surface area contributed by atoms with Gasteiger partial charge in [0, 0.05) is 12.7 Å². The molecule has 6 heteroatoms. The molecule has 1 aliphatic heterocycles. The van der Waals surface area contributed by atoms with Crippen LogP contribution >= 0.6 is 12.4 Å². The predicted octanol–water partition coefficient (Wildman–Crippen LogP) is 2.59. The normalized spacial score (nSPS) is 16.2. The summed E-state index contributed by atoms with van der Waals surface area (Å²) in [4.78, 5) is 13.2. The SMILES string of the molecule is Cl.O=C(O)C1CCN(Cc2ccn(-c3ccccc3)n2)CC1. The summed E-state index contributed by atoms with van der Waals surface area (Å²) in [7, 11) is 0. The van der Waals surface area contributed by atoms with Gasteiger partial charge in [-0.3, -0.25) is 9.69 Å². The number of nitrogens with zero attached hydrogens (tertiary/aromatic N) is 3. The van der Waals surface area contributed by atoms with E-state index in [4.69, 9.17) is 5.11 Å². The number of aliphatic carboxylic acids is 1. The Hall–Kier alpha value is -1.85. The summed E-state index contributed by atoms with van der Waals surface area (Å²) in [6, 6.07) is 12.0. The quantitative estimate of drug-likeness (QED) is 0.940. The van der Waals surface area contributed by atoms with Gasteiger partial charge in [0.25, 0.3) is 0 Å². The van der Waals surface area contributed by atoms with Crippen LogP contribution in [-0.2, 0) is 11.3 Å². The maximum atomic E-state index is 10.9. The number of carboxylic acid groups (broad SMARTS) is 1. The number of hydrogen-bond acceptors (Lipinski definition) is 3. The fourth-order valence-corrected chi connectivity index (χ4v) is 2.74. The summed E-state index contributed by atoms with van der Waals surface area (Å²) in [5.74, 6) is -0.842. The topological polar surface area (TPSA) is 58.4 Å². The third-order valence-electron chi connectivity index (χ3n) is 3.99. The molecule has 2 heterocycles. The number of rotatable bonds is 4. The Morgan fingerprint density at radius 2 is 1.86 bits per heavy atom. The smallest absolute Gasteiger partial charge is 0.306 e. The number of likely N-dealkylation sites (tertiary alicyclic amines) is 1. The van der Waals surface area contributed by atoms with Crippen molar-refractivity contribution in [3.05, 3.63) is 48.3 Å². The average Bonchev–Trinajstić information content (AvgIpc) is 2.97. The van der Waals surface area contributed by atoms with E-state index in [0.29, 0.717) is 0 Å². The lowest BCUT2D eigenvalue weighted by atomic mass is 9.97. The van der Waals surface area contributed by atoms with Crippen LogP contribution < -0.4 is 0 Å². The van der Waals surface area contributed by atoms with Crippen molar-refractivity contribution in [2.24, 2.45) is 5.92 Å². The van der Waals surface area contributed by atoms with Crippen molar-refractivity contribution < 1.29 is 9.90 Å². The van der Waals surface area contributed by atoms with Gasteiger partial charge in [-0.15, -0.1) is 12.4 Å². The Labute approximate surface area is 136 Å². The van der Waals surface area contributed by atoms with Gasteiger partial charge in [0.15, 0.2) is 0 Å². The third kappa shape index (κ3) is 3.87. The Balaban J connectivity index is 0.00000176. The molecule has 1 aromatic carbocycles. The molecule has 0 aliphatic carbocycles. The van der Waals surface area contributed by atoms with Crippen LogP contribution in [0.5, 0.6) is 0 Å². The zero-order chi connectivity index (χ0) is 14.7. The first-order valence-corrected chi connectivity index (χ1v) is 7.27. The van der Waals surface area contributed by atoms with Crippen LogP contribution in [-0.4, -0.2) is 38.8 Å². The lowest BCUT2D eigenvalue weighted by molar-refractivity contribution is -0.143. The van der Waals surface area contributed by atoms with E-state index in [2.05, 4.69) is 10.00 Å². The highest BCUT2D eigenvalue weighted by Crippen LogP contribution is 2.19. The van der Waals surface area contributed by atoms with Crippen molar-refractivity contribution in [1.82, 2.24) is 14.7 Å². The minimum atomic E-state index is -0.664. The van der Waals surface area contributed by atoms with Crippen molar-refractivity contribution in [2.45, 2.75) is 19.4 Å². The van der Waals surface area contributed by atoms with E-state index in [9.17, 15) is 4.79 Å². The molecule has 0 spiro atoms. The van der Waals surface area contributed by atoms with E-state index < -0.39 is 5.97 Å². The van der Waals surface area contributed by atoms with Crippen molar-refractivity contribution in [2.75, 3.05) is 13.1 Å². The van der Waals surface area contributed by atoms with Crippen molar-refractivity contribution >= 4 is 18.4 Å². The van der Waals surface area contributed by atoms with Crippen LogP contribution in [0.4, 0.5) is 0 Å². The number of hydrogen-bond donors (Lipinski definition) is 1. The molecule has 118 valence electrons. The van der Waals surface area contributed by atoms with Crippen molar-refractivity contribution in [3.8, 4) is 5.69 Å². The first kappa shape index (κ1) is 16.5. The van der Waals surface area contributed by atoms with Crippen LogP contribution in [0.3, 0.4) is 0 Å². The van der Waals surface area contributed by atoms with Crippen molar-refractivity contribution in [3.63, 3.8) is 0 Å². The first-order chi connectivity index (χ1) is 10.2. The summed E-state index contributed by atoms with van der Waals surface area (Å²) in [5, 5.41) is 13.6. The van der Waals surface area contributed by atoms with E-state index in [1.165, 1.54) is 0 Å². The van der Waals surface area contributed by atoms with E-state index in [-0.39, 0.29) is 18.3 Å². The van der Waals surface area contributed by atoms with Gasteiger partial charge in [0.05, 0.1) is 17.3 Å². The molecular formula is C16H20ClN3O2. The average molecular weight is 322 g/mol. The minimum Gasteiger partial charge on any atom is -0.481 e. The van der Waals surface area contributed by atoms with Crippen LogP contribution in [0.25, 0.3) is 5.69 Å². The van der Waals surface area contributed by atoms with Crippen LogP contribution in [0.1, 0.15) is 18.5 Å². The summed E-state index contributed by atoms with van der Waals surface area (Å²) >= 11 is 0. The van der Waals surface area contributed by atoms with Gasteiger partial charge in [-0.1, -0.05) is 18.2 Å². The lowest BCUT2D eigenvalue weighted by Gasteiger charge is -2.29. The van der Waals surface area contributed by atoms with Gasteiger partial charge in [-0.2, -0.15) is 5.10 Å². The maximum absolute atomic E-state index is 10.9. The van der Waals surface area contributed by atoms with Gasteiger partial charge >= 0.3 is 5.97 Å². The largest absolute Gasteiger partial charge is 0.481 e. The number of benzene rings is 1. The monoisotopic (exact) mass is 321 g/mol. The van der Waals surface area contributed by atoms with E-state index in [0.717, 1.165) is 43.9 Å². The van der Waals surface area contributed by atoms with Crippen molar-refractivity contribution in [1.29, 1.82) is 0 Å². The van der Waals surface area contributed by atoms with Crippen LogP contribution in [0.15, 0.2) is 42.6 Å². The number of para-hydroxylation sites is 1. The summed E-state index contributed by atoms with van der Waals surface area (Å²) in [6.07, 6.45) is 3.43. The van der Waals surface area contributed by atoms with E-state index in [1.54, 1.807) is 0 Å². The molecule has 3 rings (SSSR count). The highest BCUT2D eigenvalue weighted by atomic mass is 35.5. The zero-order valence-corrected chi connectivity index (χ0v) is 13.1. The molecule has 0 saturated carbocycles. The molecule has 1 aromatic heterocycles. The third-order valence-corrected chi connectivity index (χ3v) is 3.99. The van der Waals surface area contributed by atoms with Gasteiger partial charge in [0.1, 0.15) is 0 Å². The zero-order valence-electron chi connectivity index (χ0n) is 12.3. The van der Waals surface area contributed by atoms with Gasteiger partial charge in [-0.05, 0) is 44.1 Å². The molecule has 22 heavy (non-hydrogen) atoms. The number of halogens is 1. The molecule has 0 bridgehead atoms. The highest BCUT2D eigenvalue weighted by molar-refractivity contribution is 5.85. The number of carboxylic acids is 1. The van der Waals surface area contributed by atoms with Gasteiger partial charge in [0.2, 0.25) is 0 Å². The second-order valence-corrected chi connectivity index (χ2v) is 5.48. The molecule has 0 radical (unpaired) electrons. The summed E-state index contributed by atoms with van der Waals surface area (Å²) < 4.78 is 1.87. The van der Waals surface area contributed by atoms with Gasteiger partial charge < -0.3 is 5.11 Å². The minimum absolute atomic E-state index is 0. The second-order valence-electron chi connectivity index (χ2n) is 5.48. The Morgan fingerprint density at radius 1 is 1.18 bits per heavy atom. The maximum Gasteiger partial charge on any atom is 0.306 e. The van der Waals surface area contributed by atoms with Crippen LogP contribution in [0, 0.1) is 5.92 Å². The lowest BCUT2D eigenvalue weighted by Crippen LogP contribution is -2.35. The molecule has 0 unspecified atom stereocenters. The molecule has 2 aromatic rings. The standard InChI is InChI=1S/C16H19N3O2.ClH/c20-16(21)13-6-9-18(10-7-13)12-14-8-11-19(17-14)15-4-2-1-3-5-15;/h1-5,8,11,13H,6-7,9-10,12H2,(H,20,21);1H. The molecule has 1 aliphatic rings. The molecule has 1 fully saturated rings. The van der Waals surface area contributed by atoms with Gasteiger partial charge in [-0.25, -0.2) is 4.68 Å². The molecule has 0 atom stereocenters. The molecular weight excluding hydrogens is 302 g/mol. The number of aromatic nitrogens is 2. The molecule has 1 saturated heterocycles.